The van der Waals surface area contributed by atoms with E-state index in [0.717, 1.165) is 22.7 Å². The van der Waals surface area contributed by atoms with Gasteiger partial charge in [-0.1, -0.05) is 18.3 Å². The largest absolute Gasteiger partial charge is 0.497 e. The molecule has 0 radical (unpaired) electrons. The molecule has 0 bridgehead atoms. The highest BCUT2D eigenvalue weighted by molar-refractivity contribution is 7.18. The number of hydrogen-bond acceptors (Lipinski definition) is 6. The number of aromatic nitrogens is 2. The van der Waals surface area contributed by atoms with E-state index in [1.54, 1.807) is 7.11 Å². The standard InChI is InChI=1S/C15H20N4O2S/c1-5-12(19(2)3)13(20)16-15-18-17-14(22-15)10-6-8-11(21-4)9-7-10/h6-9,12H,5H2,1-4H3,(H,16,18,20)/t12-/m1/s1. The molecule has 7 heteroatoms. The second-order valence-electron chi connectivity index (χ2n) is 5.02. The molecular formula is C15H20N4O2S. The van der Waals surface area contributed by atoms with Gasteiger partial charge < -0.3 is 4.74 Å². The van der Waals surface area contributed by atoms with Crippen LogP contribution in [0.2, 0.25) is 0 Å². The molecule has 1 aromatic carbocycles. The molecule has 1 atom stereocenters. The number of rotatable bonds is 6. The molecule has 0 aliphatic carbocycles. The summed E-state index contributed by atoms with van der Waals surface area (Å²) in [5.74, 6) is 0.725. The van der Waals surface area contributed by atoms with Gasteiger partial charge in [-0.2, -0.15) is 0 Å². The molecule has 0 saturated heterocycles. The van der Waals surface area contributed by atoms with E-state index in [2.05, 4.69) is 15.5 Å². The molecule has 1 amide bonds. The Morgan fingerprint density at radius 2 is 2.00 bits per heavy atom. The first-order chi connectivity index (χ1) is 10.5. The summed E-state index contributed by atoms with van der Waals surface area (Å²) in [5, 5.41) is 12.3. The molecule has 22 heavy (non-hydrogen) atoms. The average molecular weight is 320 g/mol. The highest BCUT2D eigenvalue weighted by Crippen LogP contribution is 2.27. The van der Waals surface area contributed by atoms with Crippen molar-refractivity contribution >= 4 is 22.4 Å². The first kappa shape index (κ1) is 16.4. The number of nitrogens with one attached hydrogen (secondary N) is 1. The summed E-state index contributed by atoms with van der Waals surface area (Å²) >= 11 is 1.35. The third-order valence-corrected chi connectivity index (χ3v) is 4.19. The predicted molar refractivity (Wildman–Crippen MR) is 88.3 cm³/mol. The van der Waals surface area contributed by atoms with Gasteiger partial charge in [0.15, 0.2) is 0 Å². The minimum absolute atomic E-state index is 0.0649. The molecule has 0 saturated carbocycles. The van der Waals surface area contributed by atoms with Crippen LogP contribution in [0.1, 0.15) is 13.3 Å². The highest BCUT2D eigenvalue weighted by atomic mass is 32.1. The lowest BCUT2D eigenvalue weighted by Crippen LogP contribution is -2.39. The van der Waals surface area contributed by atoms with Crippen LogP contribution in [0.25, 0.3) is 10.6 Å². The second-order valence-corrected chi connectivity index (χ2v) is 6.00. The monoisotopic (exact) mass is 320 g/mol. The average Bonchev–Trinajstić information content (AvgIpc) is 2.96. The van der Waals surface area contributed by atoms with Gasteiger partial charge in [-0.05, 0) is 44.8 Å². The van der Waals surface area contributed by atoms with Crippen LogP contribution in [0.3, 0.4) is 0 Å². The van der Waals surface area contributed by atoms with Crippen molar-refractivity contribution in [2.75, 3.05) is 26.5 Å². The summed E-state index contributed by atoms with van der Waals surface area (Å²) < 4.78 is 5.13. The molecule has 1 aromatic heterocycles. The van der Waals surface area contributed by atoms with E-state index in [-0.39, 0.29) is 11.9 Å². The van der Waals surface area contributed by atoms with Crippen LogP contribution in [-0.4, -0.2) is 48.3 Å². The van der Waals surface area contributed by atoms with Crippen molar-refractivity contribution in [2.45, 2.75) is 19.4 Å². The minimum atomic E-state index is -0.173. The number of carbonyl (C=O) groups is 1. The Morgan fingerprint density at radius 3 is 2.55 bits per heavy atom. The smallest absolute Gasteiger partial charge is 0.243 e. The minimum Gasteiger partial charge on any atom is -0.497 e. The summed E-state index contributed by atoms with van der Waals surface area (Å²) in [6.07, 6.45) is 0.739. The lowest BCUT2D eigenvalue weighted by atomic mass is 10.2. The zero-order chi connectivity index (χ0) is 16.1. The summed E-state index contributed by atoms with van der Waals surface area (Å²) in [6, 6.07) is 7.40. The Bertz CT molecular complexity index is 625. The van der Waals surface area contributed by atoms with Crippen LogP contribution in [0, 0.1) is 0 Å². The van der Waals surface area contributed by atoms with Gasteiger partial charge in [0.1, 0.15) is 10.8 Å². The number of ether oxygens (including phenoxy) is 1. The van der Waals surface area contributed by atoms with Crippen molar-refractivity contribution in [3.63, 3.8) is 0 Å². The summed E-state index contributed by atoms with van der Waals surface area (Å²) in [5.41, 5.74) is 0.943. The van der Waals surface area contributed by atoms with E-state index in [4.69, 9.17) is 4.74 Å². The second kappa shape index (κ2) is 7.33. The number of carbonyl (C=O) groups excluding carboxylic acids is 1. The number of benzene rings is 1. The Labute approximate surface area is 134 Å². The molecule has 2 aromatic rings. The molecule has 1 heterocycles. The molecule has 2 rings (SSSR count). The van der Waals surface area contributed by atoms with Crippen molar-refractivity contribution in [1.82, 2.24) is 15.1 Å². The van der Waals surface area contributed by atoms with Gasteiger partial charge in [0.2, 0.25) is 11.0 Å². The van der Waals surface area contributed by atoms with Crippen LogP contribution in [0.15, 0.2) is 24.3 Å². The SMILES string of the molecule is CC[C@H](C(=O)Nc1nnc(-c2ccc(OC)cc2)s1)N(C)C. The van der Waals surface area contributed by atoms with Crippen LogP contribution >= 0.6 is 11.3 Å². The molecule has 118 valence electrons. The van der Waals surface area contributed by atoms with Gasteiger partial charge in [-0.3, -0.25) is 15.0 Å². The number of likely N-dealkylation sites (N-methyl/N-ethyl adjacent to an activating group) is 1. The summed E-state index contributed by atoms with van der Waals surface area (Å²) in [6.45, 7) is 1.98. The van der Waals surface area contributed by atoms with Crippen molar-refractivity contribution in [3.8, 4) is 16.3 Å². The maximum atomic E-state index is 12.2. The van der Waals surface area contributed by atoms with E-state index in [1.165, 1.54) is 11.3 Å². The molecule has 0 fully saturated rings. The fraction of sp³-hybridized carbons (Fsp3) is 0.400. The number of nitrogens with zero attached hydrogens (tertiary/aromatic N) is 3. The van der Waals surface area contributed by atoms with Gasteiger partial charge in [-0.25, -0.2) is 0 Å². The maximum Gasteiger partial charge on any atom is 0.243 e. The first-order valence-corrected chi connectivity index (χ1v) is 7.82. The van der Waals surface area contributed by atoms with Crippen LogP contribution in [0.5, 0.6) is 5.75 Å². The first-order valence-electron chi connectivity index (χ1n) is 7.00. The molecule has 1 N–H and O–H groups in total. The number of hydrogen-bond donors (Lipinski definition) is 1. The molecular weight excluding hydrogens is 300 g/mol. The third kappa shape index (κ3) is 3.80. The Balaban J connectivity index is 2.09. The quantitative estimate of drug-likeness (QED) is 0.886. The van der Waals surface area contributed by atoms with Crippen LogP contribution < -0.4 is 10.1 Å². The van der Waals surface area contributed by atoms with Gasteiger partial charge in [0.05, 0.1) is 13.2 Å². The lowest BCUT2D eigenvalue weighted by molar-refractivity contribution is -0.120. The van der Waals surface area contributed by atoms with Crippen LogP contribution in [-0.2, 0) is 4.79 Å². The van der Waals surface area contributed by atoms with Gasteiger partial charge in [0, 0.05) is 5.56 Å². The molecule has 6 nitrogen and oxygen atoms in total. The number of methoxy groups -OCH3 is 1. The zero-order valence-electron chi connectivity index (χ0n) is 13.2. The maximum absolute atomic E-state index is 12.2. The van der Waals surface area contributed by atoms with Gasteiger partial charge in [0.25, 0.3) is 0 Å². The fourth-order valence-electron chi connectivity index (χ4n) is 2.10. The summed E-state index contributed by atoms with van der Waals surface area (Å²) in [4.78, 5) is 14.1. The fourth-order valence-corrected chi connectivity index (χ4v) is 2.85. The Morgan fingerprint density at radius 1 is 1.32 bits per heavy atom. The molecule has 0 unspecified atom stereocenters. The van der Waals surface area contributed by atoms with Crippen molar-refractivity contribution in [3.05, 3.63) is 24.3 Å². The van der Waals surface area contributed by atoms with E-state index < -0.39 is 0 Å². The highest BCUT2D eigenvalue weighted by Gasteiger charge is 2.20. The van der Waals surface area contributed by atoms with E-state index in [0.29, 0.717) is 5.13 Å². The zero-order valence-corrected chi connectivity index (χ0v) is 14.0. The normalized spacial score (nSPS) is 12.2. The summed E-state index contributed by atoms with van der Waals surface area (Å²) in [7, 11) is 5.40. The van der Waals surface area contributed by atoms with E-state index in [9.17, 15) is 4.79 Å². The molecule has 0 aliphatic rings. The Hall–Kier alpha value is -1.99. The van der Waals surface area contributed by atoms with E-state index >= 15 is 0 Å². The van der Waals surface area contributed by atoms with Crippen molar-refractivity contribution < 1.29 is 9.53 Å². The Kier molecular flexibility index (Phi) is 5.46. The van der Waals surface area contributed by atoms with Crippen molar-refractivity contribution in [2.24, 2.45) is 0 Å². The third-order valence-electron chi connectivity index (χ3n) is 3.30. The van der Waals surface area contributed by atoms with E-state index in [1.807, 2.05) is 50.2 Å². The molecule has 0 aliphatic heterocycles. The number of amides is 1. The van der Waals surface area contributed by atoms with Gasteiger partial charge in [-0.15, -0.1) is 10.2 Å². The number of anilines is 1. The van der Waals surface area contributed by atoms with Crippen LogP contribution in [0.4, 0.5) is 5.13 Å². The van der Waals surface area contributed by atoms with Gasteiger partial charge >= 0.3 is 0 Å². The molecule has 0 spiro atoms. The lowest BCUT2D eigenvalue weighted by Gasteiger charge is -2.20. The topological polar surface area (TPSA) is 67.3 Å². The van der Waals surface area contributed by atoms with Crippen molar-refractivity contribution in [1.29, 1.82) is 0 Å². The predicted octanol–water partition coefficient (Wildman–Crippen LogP) is 2.49.